The van der Waals surface area contributed by atoms with Gasteiger partial charge in [-0.2, -0.15) is 0 Å². The summed E-state index contributed by atoms with van der Waals surface area (Å²) in [5.74, 6) is -4.30. The van der Waals surface area contributed by atoms with E-state index in [1.165, 1.54) is 7.05 Å². The first-order valence-corrected chi connectivity index (χ1v) is 11.6. The average molecular weight is 484 g/mol. The molecule has 3 aromatic rings. The van der Waals surface area contributed by atoms with E-state index in [1.54, 1.807) is 21.4 Å². The lowest BCUT2D eigenvalue weighted by Crippen LogP contribution is -2.53. The van der Waals surface area contributed by atoms with Gasteiger partial charge in [0.25, 0.3) is 5.91 Å². The average Bonchev–Trinajstić information content (AvgIpc) is 3.23. The van der Waals surface area contributed by atoms with Gasteiger partial charge in [-0.25, -0.2) is 18.2 Å². The number of carbonyl (C=O) groups excluding carboxylic acids is 1. The number of imidazole rings is 1. The molecule has 0 radical (unpaired) electrons. The topological polar surface area (TPSA) is 76.0 Å². The number of fused-ring (bicyclic) bond motifs is 1. The number of rotatable bonds is 5. The van der Waals surface area contributed by atoms with Crippen LogP contribution >= 0.6 is 0 Å². The molecule has 0 saturated heterocycles. The number of amides is 1. The maximum atomic E-state index is 14.0. The maximum absolute atomic E-state index is 14.0. The SMILES string of the molecule is CC[C@H]1CC(C(=NC)c2cc(F)c(F)c(F)c2)=C(N)[C@@H](CC)N1C(=O)c1cccc2nc(C)cn12. The molecule has 1 aliphatic rings. The molecule has 2 aromatic heterocycles. The van der Waals surface area contributed by atoms with E-state index in [9.17, 15) is 18.0 Å². The molecule has 6 nitrogen and oxygen atoms in total. The summed E-state index contributed by atoms with van der Waals surface area (Å²) >= 11 is 0. The van der Waals surface area contributed by atoms with E-state index in [0.717, 1.165) is 17.8 Å². The summed E-state index contributed by atoms with van der Waals surface area (Å²) in [6.07, 6.45) is 3.32. The third-order valence-corrected chi connectivity index (χ3v) is 6.57. The molecule has 184 valence electrons. The van der Waals surface area contributed by atoms with Crippen LogP contribution in [-0.4, -0.2) is 45.0 Å². The lowest BCUT2D eigenvalue weighted by Gasteiger charge is -2.43. The second kappa shape index (κ2) is 9.56. The van der Waals surface area contributed by atoms with Crippen LogP contribution in [0.3, 0.4) is 0 Å². The quantitative estimate of drug-likeness (QED) is 0.419. The first kappa shape index (κ1) is 24.5. The van der Waals surface area contributed by atoms with Crippen LogP contribution in [-0.2, 0) is 0 Å². The Morgan fingerprint density at radius 3 is 2.46 bits per heavy atom. The minimum atomic E-state index is -1.53. The van der Waals surface area contributed by atoms with E-state index >= 15 is 0 Å². The molecule has 9 heteroatoms. The number of carbonyl (C=O) groups is 1. The van der Waals surface area contributed by atoms with Gasteiger partial charge in [0.05, 0.1) is 17.4 Å². The Morgan fingerprint density at radius 1 is 1.17 bits per heavy atom. The largest absolute Gasteiger partial charge is 0.400 e. The second-order valence-electron chi connectivity index (χ2n) is 8.68. The molecule has 4 rings (SSSR count). The molecule has 35 heavy (non-hydrogen) atoms. The predicted molar refractivity (Wildman–Crippen MR) is 129 cm³/mol. The number of nitrogens with zero attached hydrogens (tertiary/aromatic N) is 4. The van der Waals surface area contributed by atoms with Crippen LogP contribution in [0.4, 0.5) is 13.2 Å². The molecular formula is C26H28F3N5O. The van der Waals surface area contributed by atoms with Crippen LogP contribution in [0.2, 0.25) is 0 Å². The summed E-state index contributed by atoms with van der Waals surface area (Å²) in [6, 6.07) is 6.54. The van der Waals surface area contributed by atoms with Crippen molar-refractivity contribution < 1.29 is 18.0 Å². The van der Waals surface area contributed by atoms with Crippen LogP contribution < -0.4 is 5.73 Å². The van der Waals surface area contributed by atoms with Gasteiger partial charge in [0.15, 0.2) is 17.5 Å². The summed E-state index contributed by atoms with van der Waals surface area (Å²) in [7, 11) is 1.50. The third-order valence-electron chi connectivity index (χ3n) is 6.57. The Hall–Kier alpha value is -3.62. The normalized spacial score (nSPS) is 19.1. The lowest BCUT2D eigenvalue weighted by molar-refractivity contribution is 0.0562. The Bertz CT molecular complexity index is 1340. The van der Waals surface area contributed by atoms with Gasteiger partial charge in [0, 0.05) is 36.1 Å². The van der Waals surface area contributed by atoms with E-state index in [0.29, 0.717) is 41.9 Å². The fourth-order valence-electron chi connectivity index (χ4n) is 4.93. The number of halogens is 3. The van der Waals surface area contributed by atoms with Crippen molar-refractivity contribution >= 4 is 17.3 Å². The number of hydrogen-bond acceptors (Lipinski definition) is 4. The molecule has 0 unspecified atom stereocenters. The number of aliphatic imine (C=N–C) groups is 1. The van der Waals surface area contributed by atoms with Crippen LogP contribution in [0.25, 0.3) is 5.65 Å². The second-order valence-corrected chi connectivity index (χ2v) is 8.68. The predicted octanol–water partition coefficient (Wildman–Crippen LogP) is 4.80. The Balaban J connectivity index is 1.81. The number of benzene rings is 1. The minimum Gasteiger partial charge on any atom is -0.400 e. The summed E-state index contributed by atoms with van der Waals surface area (Å²) in [4.78, 5) is 24.4. The van der Waals surface area contributed by atoms with Crippen molar-refractivity contribution in [2.45, 2.75) is 52.1 Å². The van der Waals surface area contributed by atoms with Crippen molar-refractivity contribution in [3.05, 3.63) is 82.2 Å². The molecule has 3 heterocycles. The summed E-state index contributed by atoms with van der Waals surface area (Å²) in [6.45, 7) is 5.76. The highest BCUT2D eigenvalue weighted by atomic mass is 19.2. The van der Waals surface area contributed by atoms with E-state index < -0.39 is 23.5 Å². The Kier molecular flexibility index (Phi) is 6.69. The van der Waals surface area contributed by atoms with Gasteiger partial charge >= 0.3 is 0 Å². The molecule has 0 aliphatic carbocycles. The molecular weight excluding hydrogens is 455 g/mol. The van der Waals surface area contributed by atoms with Gasteiger partial charge in [0.1, 0.15) is 11.3 Å². The first-order chi connectivity index (χ1) is 16.7. The maximum Gasteiger partial charge on any atom is 0.271 e. The third kappa shape index (κ3) is 4.19. The van der Waals surface area contributed by atoms with Crippen molar-refractivity contribution in [2.75, 3.05) is 7.05 Å². The number of nitrogens with two attached hydrogens (primary N) is 1. The van der Waals surface area contributed by atoms with Gasteiger partial charge in [-0.1, -0.05) is 19.9 Å². The molecule has 0 bridgehead atoms. The zero-order valence-corrected chi connectivity index (χ0v) is 20.1. The van der Waals surface area contributed by atoms with Crippen molar-refractivity contribution in [1.29, 1.82) is 0 Å². The van der Waals surface area contributed by atoms with Crippen molar-refractivity contribution in [3.8, 4) is 0 Å². The van der Waals surface area contributed by atoms with Crippen LogP contribution in [0.1, 0.15) is 54.9 Å². The molecule has 1 amide bonds. The van der Waals surface area contributed by atoms with E-state index in [-0.39, 0.29) is 23.2 Å². The van der Waals surface area contributed by atoms with E-state index in [4.69, 9.17) is 5.73 Å². The molecule has 2 atom stereocenters. The summed E-state index contributed by atoms with van der Waals surface area (Å²) < 4.78 is 43.3. The zero-order valence-electron chi connectivity index (χ0n) is 20.1. The summed E-state index contributed by atoms with van der Waals surface area (Å²) in [5, 5.41) is 0. The Morgan fingerprint density at radius 2 is 1.86 bits per heavy atom. The Labute approximate surface area is 202 Å². The molecule has 1 aliphatic heterocycles. The van der Waals surface area contributed by atoms with Crippen LogP contribution in [0.15, 0.2) is 52.8 Å². The van der Waals surface area contributed by atoms with Crippen LogP contribution in [0.5, 0.6) is 0 Å². The zero-order chi connectivity index (χ0) is 25.4. The van der Waals surface area contributed by atoms with Gasteiger partial charge in [-0.05, 0) is 50.5 Å². The van der Waals surface area contributed by atoms with Crippen molar-refractivity contribution in [2.24, 2.45) is 10.7 Å². The standard InChI is InChI=1S/C26H28F3N5O/c1-5-16-12-17(25(31-4)15-10-18(27)23(29)19(28)11-15)24(30)20(6-2)34(16)26(35)21-8-7-9-22-32-14(3)13-33(21)22/h7-11,13,16,20H,5-6,12,30H2,1-4H3/t16-,20+/m0/s1. The highest BCUT2D eigenvalue weighted by molar-refractivity contribution is 6.13. The summed E-state index contributed by atoms with van der Waals surface area (Å²) in [5.41, 5.74) is 9.98. The number of hydrogen-bond donors (Lipinski definition) is 1. The monoisotopic (exact) mass is 483 g/mol. The lowest BCUT2D eigenvalue weighted by atomic mass is 9.85. The molecule has 2 N–H and O–H groups in total. The number of aryl methyl sites for hydroxylation is 1. The van der Waals surface area contributed by atoms with Crippen LogP contribution in [0, 0.1) is 24.4 Å². The fourth-order valence-corrected chi connectivity index (χ4v) is 4.93. The highest BCUT2D eigenvalue weighted by Crippen LogP contribution is 2.33. The molecule has 0 spiro atoms. The minimum absolute atomic E-state index is 0.102. The van der Waals surface area contributed by atoms with Gasteiger partial charge in [-0.15, -0.1) is 0 Å². The number of aromatic nitrogens is 2. The molecule has 0 fully saturated rings. The van der Waals surface area contributed by atoms with Gasteiger partial charge in [0.2, 0.25) is 0 Å². The molecule has 0 saturated carbocycles. The van der Waals surface area contributed by atoms with E-state index in [2.05, 4.69) is 9.98 Å². The van der Waals surface area contributed by atoms with Crippen molar-refractivity contribution in [1.82, 2.24) is 14.3 Å². The van der Waals surface area contributed by atoms with Gasteiger partial charge < -0.3 is 10.6 Å². The first-order valence-electron chi connectivity index (χ1n) is 11.6. The number of pyridine rings is 1. The van der Waals surface area contributed by atoms with Crippen molar-refractivity contribution in [3.63, 3.8) is 0 Å². The van der Waals surface area contributed by atoms with Gasteiger partial charge in [-0.3, -0.25) is 14.2 Å². The smallest absolute Gasteiger partial charge is 0.271 e. The highest BCUT2D eigenvalue weighted by Gasteiger charge is 2.39. The fraction of sp³-hybridized carbons (Fsp3) is 0.346. The molecule has 1 aromatic carbocycles. The van der Waals surface area contributed by atoms with E-state index in [1.807, 2.05) is 33.0 Å².